The summed E-state index contributed by atoms with van der Waals surface area (Å²) >= 11 is 0. The molecule has 0 rings (SSSR count). The summed E-state index contributed by atoms with van der Waals surface area (Å²) in [5.41, 5.74) is 0. The van der Waals surface area contributed by atoms with Crippen molar-refractivity contribution in [1.82, 2.24) is 5.32 Å². The van der Waals surface area contributed by atoms with E-state index in [2.05, 4.69) is 62.5 Å². The van der Waals surface area contributed by atoms with E-state index >= 15 is 0 Å². The van der Waals surface area contributed by atoms with Crippen molar-refractivity contribution in [1.29, 1.82) is 0 Å². The van der Waals surface area contributed by atoms with Gasteiger partial charge in [0.2, 0.25) is 5.91 Å². The second-order valence-corrected chi connectivity index (χ2v) is 19.8. The Hall–Kier alpha value is -1.92. The van der Waals surface area contributed by atoms with Crippen LogP contribution < -0.4 is 5.32 Å². The predicted octanol–water partition coefficient (Wildman–Crippen LogP) is 17.6. The maximum absolute atomic E-state index is 13.3. The van der Waals surface area contributed by atoms with Gasteiger partial charge in [-0.05, 0) is 51.4 Å². The molecule has 0 saturated carbocycles. The molecule has 0 heterocycles. The number of ether oxygens (including phenoxy) is 1. The molecule has 6 heteroatoms. The molecular weight excluding hydrogens is 803 g/mol. The van der Waals surface area contributed by atoms with Gasteiger partial charge in [0.05, 0.1) is 25.2 Å². The Kier molecular flexibility index (Phi) is 51.5. The van der Waals surface area contributed by atoms with Gasteiger partial charge in [-0.25, -0.2) is 0 Å². The summed E-state index contributed by atoms with van der Waals surface area (Å²) in [6, 6.07) is -0.710. The van der Waals surface area contributed by atoms with Crippen LogP contribution in [0.25, 0.3) is 0 Å². The topological polar surface area (TPSA) is 95.9 Å². The molecule has 3 atom stereocenters. The van der Waals surface area contributed by atoms with E-state index in [1.54, 1.807) is 0 Å². The Balaban J connectivity index is 4.60. The highest BCUT2D eigenvalue weighted by Gasteiger charge is 2.24. The lowest BCUT2D eigenvalue weighted by molar-refractivity contribution is -0.151. The fraction of sp³-hybridized carbons (Fsp3) is 0.864. The number of allylic oxidation sites excluding steroid dienone is 6. The normalized spacial score (nSPS) is 13.4. The van der Waals surface area contributed by atoms with E-state index in [4.69, 9.17) is 4.74 Å². The summed E-state index contributed by atoms with van der Waals surface area (Å²) < 4.78 is 5.95. The second kappa shape index (κ2) is 53.0. The van der Waals surface area contributed by atoms with Crippen LogP contribution in [0.15, 0.2) is 36.5 Å². The molecule has 0 spiro atoms. The third-order valence-corrected chi connectivity index (χ3v) is 13.3. The Bertz CT molecular complexity index is 1070. The molecule has 382 valence electrons. The molecule has 0 saturated heterocycles. The molecule has 1 amide bonds. The van der Waals surface area contributed by atoms with E-state index in [-0.39, 0.29) is 24.9 Å². The van der Waals surface area contributed by atoms with Gasteiger partial charge >= 0.3 is 5.97 Å². The van der Waals surface area contributed by atoms with Gasteiger partial charge in [0.25, 0.3) is 0 Å². The number of rotatable bonds is 52. The van der Waals surface area contributed by atoms with Crippen LogP contribution >= 0.6 is 0 Å². The molecular formula is C59H111NO5. The highest BCUT2D eigenvalue weighted by atomic mass is 16.5. The highest BCUT2D eigenvalue weighted by molar-refractivity contribution is 5.77. The number of nitrogens with one attached hydrogen (secondary N) is 1. The third kappa shape index (κ3) is 48.3. The fourth-order valence-corrected chi connectivity index (χ4v) is 8.90. The zero-order valence-electron chi connectivity index (χ0n) is 43.6. The number of hydrogen-bond donors (Lipinski definition) is 3. The fourth-order valence-electron chi connectivity index (χ4n) is 8.90. The molecule has 0 aliphatic carbocycles. The van der Waals surface area contributed by atoms with Crippen molar-refractivity contribution in [3.8, 4) is 0 Å². The van der Waals surface area contributed by atoms with E-state index in [1.807, 2.05) is 0 Å². The van der Waals surface area contributed by atoms with Crippen molar-refractivity contribution in [2.45, 2.75) is 322 Å². The Labute approximate surface area is 404 Å². The van der Waals surface area contributed by atoms with Gasteiger partial charge in [0.15, 0.2) is 0 Å². The lowest BCUT2D eigenvalue weighted by Crippen LogP contribution is -2.46. The minimum Gasteiger partial charge on any atom is -0.462 e. The van der Waals surface area contributed by atoms with E-state index in [0.29, 0.717) is 19.3 Å². The summed E-state index contributed by atoms with van der Waals surface area (Å²) in [5.74, 6) is -0.491. The van der Waals surface area contributed by atoms with E-state index < -0.39 is 18.2 Å². The van der Waals surface area contributed by atoms with Crippen molar-refractivity contribution in [3.63, 3.8) is 0 Å². The number of aliphatic hydroxyl groups is 2. The van der Waals surface area contributed by atoms with Gasteiger partial charge < -0.3 is 20.3 Å². The first-order chi connectivity index (χ1) is 32.0. The maximum Gasteiger partial charge on any atom is 0.306 e. The van der Waals surface area contributed by atoms with Crippen molar-refractivity contribution < 1.29 is 24.5 Å². The molecule has 3 unspecified atom stereocenters. The molecule has 0 aromatic rings. The van der Waals surface area contributed by atoms with E-state index in [9.17, 15) is 19.8 Å². The molecule has 0 bridgehead atoms. The number of amides is 1. The van der Waals surface area contributed by atoms with Crippen LogP contribution in [0.1, 0.15) is 303 Å². The number of unbranched alkanes of at least 4 members (excludes halogenated alkanes) is 36. The first-order valence-electron chi connectivity index (χ1n) is 28.7. The molecule has 0 radical (unpaired) electrons. The maximum atomic E-state index is 13.3. The first-order valence-corrected chi connectivity index (χ1v) is 28.7. The van der Waals surface area contributed by atoms with Crippen molar-refractivity contribution in [2.24, 2.45) is 0 Å². The number of esters is 1. The average molecular weight is 915 g/mol. The van der Waals surface area contributed by atoms with Crippen LogP contribution in [0.4, 0.5) is 0 Å². The van der Waals surface area contributed by atoms with Crippen LogP contribution in [0, 0.1) is 0 Å². The zero-order valence-corrected chi connectivity index (χ0v) is 43.6. The van der Waals surface area contributed by atoms with E-state index in [0.717, 1.165) is 70.6 Å². The molecule has 0 aromatic heterocycles. The molecule has 0 aliphatic heterocycles. The van der Waals surface area contributed by atoms with Crippen LogP contribution in [-0.2, 0) is 14.3 Å². The van der Waals surface area contributed by atoms with Gasteiger partial charge in [0, 0.05) is 6.42 Å². The third-order valence-electron chi connectivity index (χ3n) is 13.3. The van der Waals surface area contributed by atoms with Gasteiger partial charge in [-0.1, -0.05) is 276 Å². The molecule has 65 heavy (non-hydrogen) atoms. The SMILES string of the molecule is CCCCCCC/C=C/C=C/C=C/CCCCCC(CC(=O)NC(CO)C(O)CCCCCCCCCCCCCCCCC)OC(=O)CCCCCCCCCCCCCCCCC. The van der Waals surface area contributed by atoms with E-state index in [1.165, 1.54) is 186 Å². The monoisotopic (exact) mass is 914 g/mol. The van der Waals surface area contributed by atoms with Crippen LogP contribution in [0.3, 0.4) is 0 Å². The highest BCUT2D eigenvalue weighted by Crippen LogP contribution is 2.18. The van der Waals surface area contributed by atoms with Gasteiger partial charge in [-0.15, -0.1) is 0 Å². The van der Waals surface area contributed by atoms with Gasteiger partial charge in [0.1, 0.15) is 6.10 Å². The Morgan fingerprint density at radius 3 is 1.18 bits per heavy atom. The number of carbonyl (C=O) groups is 2. The lowest BCUT2D eigenvalue weighted by Gasteiger charge is -2.24. The number of carbonyl (C=O) groups excluding carboxylic acids is 2. The summed E-state index contributed by atoms with van der Waals surface area (Å²) in [7, 11) is 0. The van der Waals surface area contributed by atoms with Crippen LogP contribution in [0.5, 0.6) is 0 Å². The Morgan fingerprint density at radius 2 is 0.785 bits per heavy atom. The second-order valence-electron chi connectivity index (χ2n) is 19.8. The minimum absolute atomic E-state index is 0.0593. The summed E-state index contributed by atoms with van der Waals surface area (Å²) in [5, 5.41) is 23.9. The standard InChI is InChI=1S/C59H111NO5/c1-4-7-10-13-16-19-22-25-28-31-32-35-38-41-44-47-50-55(65-59(64)52-49-46-43-40-37-34-30-27-24-21-18-15-12-9-6-3)53-58(63)60-56(54-61)57(62)51-48-45-42-39-36-33-29-26-23-20-17-14-11-8-5-2/h22,25,28,31-32,35,55-57,61-62H,4-21,23-24,26-27,29-30,33-34,36-54H2,1-3H3,(H,60,63)/b25-22+,31-28+,35-32+. The number of hydrogen-bond acceptors (Lipinski definition) is 5. The van der Waals surface area contributed by atoms with Crippen molar-refractivity contribution >= 4 is 11.9 Å². The smallest absolute Gasteiger partial charge is 0.306 e. The first kappa shape index (κ1) is 63.1. The zero-order chi connectivity index (χ0) is 47.4. The molecule has 3 N–H and O–H groups in total. The molecule has 0 aliphatic rings. The van der Waals surface area contributed by atoms with Crippen molar-refractivity contribution in [3.05, 3.63) is 36.5 Å². The summed E-state index contributed by atoms with van der Waals surface area (Å²) in [4.78, 5) is 26.2. The Morgan fingerprint density at radius 1 is 0.446 bits per heavy atom. The minimum atomic E-state index is -0.795. The average Bonchev–Trinajstić information content (AvgIpc) is 3.30. The van der Waals surface area contributed by atoms with Crippen LogP contribution in [0.2, 0.25) is 0 Å². The van der Waals surface area contributed by atoms with Crippen molar-refractivity contribution in [2.75, 3.05) is 6.61 Å². The van der Waals surface area contributed by atoms with Crippen LogP contribution in [-0.4, -0.2) is 46.9 Å². The van der Waals surface area contributed by atoms with Gasteiger partial charge in [-0.2, -0.15) is 0 Å². The van der Waals surface area contributed by atoms with Gasteiger partial charge in [-0.3, -0.25) is 9.59 Å². The molecule has 0 aromatic carbocycles. The summed E-state index contributed by atoms with van der Waals surface area (Å²) in [6.45, 7) is 6.49. The predicted molar refractivity (Wildman–Crippen MR) is 282 cm³/mol. The summed E-state index contributed by atoms with van der Waals surface area (Å²) in [6.07, 6.45) is 63.5. The lowest BCUT2D eigenvalue weighted by atomic mass is 10.0. The largest absolute Gasteiger partial charge is 0.462 e. The molecule has 0 fully saturated rings. The quantitative estimate of drug-likeness (QED) is 0.0321. The molecule has 6 nitrogen and oxygen atoms in total. The number of aliphatic hydroxyl groups excluding tert-OH is 2.